The van der Waals surface area contributed by atoms with Crippen LogP contribution >= 0.6 is 0 Å². The largest absolute Gasteiger partial charge is 0.347 e. The lowest BCUT2D eigenvalue weighted by molar-refractivity contribution is 0.0945. The fourth-order valence-corrected chi connectivity index (χ4v) is 2.36. The smallest absolute Gasteiger partial charge is 0.270 e. The van der Waals surface area contributed by atoms with Gasteiger partial charge in [-0.3, -0.25) is 4.79 Å². The third kappa shape index (κ3) is 3.86. The number of carbonyl (C=O) groups is 1. The lowest BCUT2D eigenvalue weighted by atomic mass is 10.2. The normalized spacial score (nSPS) is 11.2. The molecule has 1 heterocycles. The maximum atomic E-state index is 12.9. The Morgan fingerprint density at radius 1 is 1.32 bits per heavy atom. The highest BCUT2D eigenvalue weighted by molar-refractivity contribution is 7.89. The second kappa shape index (κ2) is 6.20. The van der Waals surface area contributed by atoms with Crippen LogP contribution in [0.25, 0.3) is 0 Å². The second-order valence-corrected chi connectivity index (χ2v) is 6.25. The van der Waals surface area contributed by atoms with Crippen LogP contribution in [0, 0.1) is 12.7 Å². The van der Waals surface area contributed by atoms with Crippen molar-refractivity contribution in [3.05, 3.63) is 59.2 Å². The molecule has 6 nitrogen and oxygen atoms in total. The number of aromatic nitrogens is 1. The highest BCUT2D eigenvalue weighted by Gasteiger charge is 2.11. The van der Waals surface area contributed by atoms with Gasteiger partial charge in [0, 0.05) is 6.54 Å². The summed E-state index contributed by atoms with van der Waals surface area (Å²) in [7, 11) is -3.74. The van der Waals surface area contributed by atoms with Gasteiger partial charge in [0.2, 0.25) is 10.0 Å². The molecule has 0 saturated carbocycles. The number of nitrogens with one attached hydrogen (secondary N) is 1. The summed E-state index contributed by atoms with van der Waals surface area (Å²) in [6, 6.07) is 7.04. The SMILES string of the molecule is Cc1cc(F)cnc1C(=O)NCc1ccc(S(N)(=O)=O)cc1. The molecule has 3 N–H and O–H groups in total. The first-order valence-electron chi connectivity index (χ1n) is 6.29. The van der Waals surface area contributed by atoms with Crippen LogP contribution in [-0.4, -0.2) is 19.3 Å². The number of rotatable bonds is 4. The van der Waals surface area contributed by atoms with E-state index in [1.54, 1.807) is 19.1 Å². The summed E-state index contributed by atoms with van der Waals surface area (Å²) in [6.45, 7) is 1.77. The number of primary sulfonamides is 1. The van der Waals surface area contributed by atoms with E-state index in [0.717, 1.165) is 6.20 Å². The topological polar surface area (TPSA) is 102 Å². The van der Waals surface area contributed by atoms with Crippen molar-refractivity contribution in [2.45, 2.75) is 18.4 Å². The Kier molecular flexibility index (Phi) is 4.53. The molecule has 0 atom stereocenters. The Hall–Kier alpha value is -2.32. The molecule has 0 unspecified atom stereocenters. The number of carbonyl (C=O) groups excluding carboxylic acids is 1. The van der Waals surface area contributed by atoms with Crippen LogP contribution in [0.5, 0.6) is 0 Å². The summed E-state index contributed by atoms with van der Waals surface area (Å²) < 4.78 is 35.2. The Morgan fingerprint density at radius 3 is 2.50 bits per heavy atom. The molecule has 1 amide bonds. The fraction of sp³-hybridized carbons (Fsp3) is 0.143. The monoisotopic (exact) mass is 323 g/mol. The first-order chi connectivity index (χ1) is 10.3. The van der Waals surface area contributed by atoms with Gasteiger partial charge in [0.05, 0.1) is 11.1 Å². The minimum Gasteiger partial charge on any atom is -0.347 e. The highest BCUT2D eigenvalue weighted by Crippen LogP contribution is 2.10. The molecule has 0 radical (unpaired) electrons. The number of nitrogens with two attached hydrogens (primary N) is 1. The molecule has 2 aromatic rings. The van der Waals surface area contributed by atoms with Gasteiger partial charge in [0.1, 0.15) is 11.5 Å². The molecule has 0 spiro atoms. The van der Waals surface area contributed by atoms with Crippen LogP contribution in [-0.2, 0) is 16.6 Å². The van der Waals surface area contributed by atoms with Crippen LogP contribution in [0.4, 0.5) is 4.39 Å². The minimum atomic E-state index is -3.74. The van der Waals surface area contributed by atoms with Gasteiger partial charge in [-0.2, -0.15) is 0 Å². The van der Waals surface area contributed by atoms with Crippen molar-refractivity contribution in [2.75, 3.05) is 0 Å². The average molecular weight is 323 g/mol. The van der Waals surface area contributed by atoms with E-state index < -0.39 is 21.7 Å². The van der Waals surface area contributed by atoms with Crippen LogP contribution in [0.2, 0.25) is 0 Å². The Labute approximate surface area is 127 Å². The first kappa shape index (κ1) is 16.1. The summed E-state index contributed by atoms with van der Waals surface area (Å²) in [4.78, 5) is 15.7. The number of sulfonamides is 1. The number of aryl methyl sites for hydroxylation is 1. The number of hydrogen-bond donors (Lipinski definition) is 2. The molecule has 0 bridgehead atoms. The van der Waals surface area contributed by atoms with Gasteiger partial charge in [0.15, 0.2) is 0 Å². The number of pyridine rings is 1. The maximum absolute atomic E-state index is 12.9. The molecule has 1 aromatic carbocycles. The zero-order chi connectivity index (χ0) is 16.3. The van der Waals surface area contributed by atoms with Crippen molar-refractivity contribution in [1.29, 1.82) is 0 Å². The zero-order valence-corrected chi connectivity index (χ0v) is 12.5. The fourth-order valence-electron chi connectivity index (χ4n) is 1.84. The van der Waals surface area contributed by atoms with E-state index in [0.29, 0.717) is 11.1 Å². The van der Waals surface area contributed by atoms with Crippen molar-refractivity contribution in [3.63, 3.8) is 0 Å². The van der Waals surface area contributed by atoms with Crippen molar-refractivity contribution >= 4 is 15.9 Å². The summed E-state index contributed by atoms with van der Waals surface area (Å²) in [5.41, 5.74) is 1.27. The Bertz CT molecular complexity index is 805. The van der Waals surface area contributed by atoms with Gasteiger partial charge in [-0.25, -0.2) is 22.9 Å². The molecule has 8 heteroatoms. The predicted molar refractivity (Wildman–Crippen MR) is 77.9 cm³/mol. The molecular weight excluding hydrogens is 309 g/mol. The molecule has 2 rings (SSSR count). The third-order valence-corrected chi connectivity index (χ3v) is 3.89. The quantitative estimate of drug-likeness (QED) is 0.879. The van der Waals surface area contributed by atoms with E-state index in [9.17, 15) is 17.6 Å². The third-order valence-electron chi connectivity index (χ3n) is 2.96. The average Bonchev–Trinajstić information content (AvgIpc) is 2.44. The minimum absolute atomic E-state index is 0.00128. The van der Waals surface area contributed by atoms with E-state index in [1.165, 1.54) is 18.2 Å². The molecule has 0 aliphatic carbocycles. The maximum Gasteiger partial charge on any atom is 0.270 e. The summed E-state index contributed by atoms with van der Waals surface area (Å²) in [6.07, 6.45) is 0.975. The van der Waals surface area contributed by atoms with E-state index in [2.05, 4.69) is 10.3 Å². The van der Waals surface area contributed by atoms with E-state index >= 15 is 0 Å². The molecule has 0 fully saturated rings. The van der Waals surface area contributed by atoms with Crippen molar-refractivity contribution in [1.82, 2.24) is 10.3 Å². The molecule has 0 saturated heterocycles. The van der Waals surface area contributed by atoms with E-state index in [1.807, 2.05) is 0 Å². The lowest BCUT2D eigenvalue weighted by Crippen LogP contribution is -2.24. The highest BCUT2D eigenvalue weighted by atomic mass is 32.2. The van der Waals surface area contributed by atoms with Crippen LogP contribution in [0.1, 0.15) is 21.6 Å². The van der Waals surface area contributed by atoms with E-state index in [-0.39, 0.29) is 17.1 Å². The van der Waals surface area contributed by atoms with Crippen LogP contribution in [0.15, 0.2) is 41.4 Å². The number of amides is 1. The van der Waals surface area contributed by atoms with Gasteiger partial charge in [-0.15, -0.1) is 0 Å². The van der Waals surface area contributed by atoms with Gasteiger partial charge < -0.3 is 5.32 Å². The summed E-state index contributed by atoms with van der Waals surface area (Å²) in [5, 5.41) is 7.63. The standard InChI is InChI=1S/C14H14FN3O3S/c1-9-6-11(15)8-17-13(9)14(19)18-7-10-2-4-12(5-3-10)22(16,20)21/h2-6,8H,7H2,1H3,(H,18,19)(H2,16,20,21). The first-order valence-corrected chi connectivity index (χ1v) is 7.84. The van der Waals surface area contributed by atoms with Crippen molar-refractivity contribution in [3.8, 4) is 0 Å². The van der Waals surface area contributed by atoms with E-state index in [4.69, 9.17) is 5.14 Å². The summed E-state index contributed by atoms with van der Waals surface area (Å²) in [5.74, 6) is -0.944. The summed E-state index contributed by atoms with van der Waals surface area (Å²) >= 11 is 0. The molecule has 116 valence electrons. The Balaban J connectivity index is 2.05. The van der Waals surface area contributed by atoms with Gasteiger partial charge in [0.25, 0.3) is 5.91 Å². The Morgan fingerprint density at radius 2 is 1.95 bits per heavy atom. The predicted octanol–water partition coefficient (Wildman–Crippen LogP) is 1.11. The molecular formula is C14H14FN3O3S. The second-order valence-electron chi connectivity index (χ2n) is 4.69. The number of benzene rings is 1. The van der Waals surface area contributed by atoms with Gasteiger partial charge >= 0.3 is 0 Å². The lowest BCUT2D eigenvalue weighted by Gasteiger charge is -2.07. The number of hydrogen-bond acceptors (Lipinski definition) is 4. The molecule has 0 aliphatic heterocycles. The molecule has 1 aromatic heterocycles. The van der Waals surface area contributed by atoms with Crippen LogP contribution < -0.4 is 10.5 Å². The molecule has 0 aliphatic rings. The van der Waals surface area contributed by atoms with Crippen LogP contribution in [0.3, 0.4) is 0 Å². The number of halogens is 1. The molecule has 22 heavy (non-hydrogen) atoms. The zero-order valence-electron chi connectivity index (χ0n) is 11.7. The van der Waals surface area contributed by atoms with Crippen molar-refractivity contribution in [2.24, 2.45) is 5.14 Å². The van der Waals surface area contributed by atoms with Gasteiger partial charge in [-0.1, -0.05) is 12.1 Å². The van der Waals surface area contributed by atoms with Gasteiger partial charge in [-0.05, 0) is 36.2 Å². The van der Waals surface area contributed by atoms with Crippen molar-refractivity contribution < 1.29 is 17.6 Å². The number of nitrogens with zero attached hydrogens (tertiary/aromatic N) is 1.